The number of ketones is 1. The predicted molar refractivity (Wildman–Crippen MR) is 24.0 cm³/mol. The van der Waals surface area contributed by atoms with E-state index in [9.17, 15) is 9.59 Å². The van der Waals surface area contributed by atoms with Gasteiger partial charge in [0, 0.05) is 0 Å². The monoisotopic (exact) mass is 118 g/mol. The van der Waals surface area contributed by atoms with E-state index in [4.69, 9.17) is 10.9 Å². The third-order valence-corrected chi connectivity index (χ3v) is 0.540. The molecule has 5 heteroatoms. The van der Waals surface area contributed by atoms with Gasteiger partial charge in [-0.05, 0) is 0 Å². The van der Waals surface area contributed by atoms with Gasteiger partial charge in [0.15, 0.2) is 0 Å². The predicted octanol–water partition coefficient (Wildman–Crippen LogP) is -1.98. The lowest BCUT2D eigenvalue weighted by molar-refractivity contribution is -0.142. The maximum absolute atomic E-state index is 10.0. The second-order valence-corrected chi connectivity index (χ2v) is 1.07. The molecule has 0 aliphatic heterocycles. The standard InChI is InChI=1S/C3H6N2O3/c4-1-2(6)3(7)5-8/h8H,1,4H2,(H,5,7). The summed E-state index contributed by atoms with van der Waals surface area (Å²) in [4.78, 5) is 20.0. The summed E-state index contributed by atoms with van der Waals surface area (Å²) in [6.45, 7) is -0.383. The van der Waals surface area contributed by atoms with Crippen LogP contribution in [0.3, 0.4) is 0 Å². The number of Topliss-reactive ketones (excluding diaryl/α,β-unsaturated/α-hetero) is 1. The fourth-order valence-electron chi connectivity index (χ4n) is 0.155. The number of hydroxylamine groups is 1. The normalized spacial score (nSPS) is 8.25. The summed E-state index contributed by atoms with van der Waals surface area (Å²) in [5, 5.41) is 7.76. The van der Waals surface area contributed by atoms with Gasteiger partial charge in [-0.1, -0.05) is 0 Å². The molecular formula is C3H6N2O3. The van der Waals surface area contributed by atoms with Crippen LogP contribution >= 0.6 is 0 Å². The number of hydrogen-bond acceptors (Lipinski definition) is 4. The number of nitrogens with two attached hydrogens (primary N) is 1. The molecule has 0 saturated carbocycles. The van der Waals surface area contributed by atoms with E-state index in [2.05, 4.69) is 0 Å². The van der Waals surface area contributed by atoms with Crippen molar-refractivity contribution in [2.24, 2.45) is 5.73 Å². The quantitative estimate of drug-likeness (QED) is 0.222. The number of carbonyl (C=O) groups excluding carboxylic acids is 2. The molecule has 4 N–H and O–H groups in total. The number of hydrogen-bond donors (Lipinski definition) is 3. The zero-order valence-corrected chi connectivity index (χ0v) is 4.05. The summed E-state index contributed by atoms with van der Waals surface area (Å²) in [5.74, 6) is -1.92. The van der Waals surface area contributed by atoms with Crippen LogP contribution in [0.2, 0.25) is 0 Å². The molecular weight excluding hydrogens is 112 g/mol. The van der Waals surface area contributed by atoms with Crippen LogP contribution in [0.5, 0.6) is 0 Å². The molecule has 0 spiro atoms. The summed E-state index contributed by atoms with van der Waals surface area (Å²) in [6.07, 6.45) is 0. The maximum Gasteiger partial charge on any atom is 0.312 e. The summed E-state index contributed by atoms with van der Waals surface area (Å²) in [5.41, 5.74) is 5.87. The molecule has 0 aromatic rings. The van der Waals surface area contributed by atoms with E-state index < -0.39 is 11.7 Å². The van der Waals surface area contributed by atoms with Crippen LogP contribution in [0.15, 0.2) is 0 Å². The highest BCUT2D eigenvalue weighted by molar-refractivity contribution is 6.36. The molecule has 0 heterocycles. The molecule has 0 unspecified atom stereocenters. The molecule has 0 radical (unpaired) electrons. The van der Waals surface area contributed by atoms with Gasteiger partial charge in [0.25, 0.3) is 0 Å². The Bertz CT molecular complexity index is 97.1. The average molecular weight is 118 g/mol. The van der Waals surface area contributed by atoms with Gasteiger partial charge in [-0.3, -0.25) is 14.8 Å². The number of nitrogens with one attached hydrogen (secondary N) is 1. The molecule has 0 rings (SSSR count). The lowest BCUT2D eigenvalue weighted by Crippen LogP contribution is -2.32. The zero-order chi connectivity index (χ0) is 6.57. The molecule has 0 aromatic carbocycles. The Labute approximate surface area is 45.4 Å². The minimum atomic E-state index is -1.08. The third kappa shape index (κ3) is 1.67. The Hall–Kier alpha value is -0.940. The first kappa shape index (κ1) is 7.06. The Morgan fingerprint density at radius 1 is 1.62 bits per heavy atom. The minimum absolute atomic E-state index is 0.383. The smallest absolute Gasteiger partial charge is 0.312 e. The van der Waals surface area contributed by atoms with Crippen LogP contribution in [0.4, 0.5) is 0 Å². The Morgan fingerprint density at radius 2 is 2.12 bits per heavy atom. The largest absolute Gasteiger partial charge is 0.324 e. The molecule has 1 amide bonds. The topological polar surface area (TPSA) is 92.4 Å². The van der Waals surface area contributed by atoms with Crippen molar-refractivity contribution < 1.29 is 14.8 Å². The van der Waals surface area contributed by atoms with Crippen molar-refractivity contribution in [3.63, 3.8) is 0 Å². The van der Waals surface area contributed by atoms with Crippen LogP contribution in [0.25, 0.3) is 0 Å². The van der Waals surface area contributed by atoms with Gasteiger partial charge in [-0.25, -0.2) is 5.48 Å². The van der Waals surface area contributed by atoms with Crippen LogP contribution in [0, 0.1) is 0 Å². The fourth-order valence-corrected chi connectivity index (χ4v) is 0.155. The first-order chi connectivity index (χ1) is 3.72. The Kier molecular flexibility index (Phi) is 2.75. The maximum atomic E-state index is 10.0. The lowest BCUT2D eigenvalue weighted by Gasteiger charge is -1.89. The first-order valence-electron chi connectivity index (χ1n) is 1.89. The molecule has 0 saturated heterocycles. The van der Waals surface area contributed by atoms with Crippen LogP contribution < -0.4 is 11.2 Å². The Morgan fingerprint density at radius 3 is 2.25 bits per heavy atom. The highest BCUT2D eigenvalue weighted by Crippen LogP contribution is 1.63. The molecule has 0 fully saturated rings. The molecule has 8 heavy (non-hydrogen) atoms. The van der Waals surface area contributed by atoms with Gasteiger partial charge < -0.3 is 5.73 Å². The molecule has 5 nitrogen and oxygen atoms in total. The molecule has 0 bridgehead atoms. The van der Waals surface area contributed by atoms with Crippen LogP contribution in [0.1, 0.15) is 0 Å². The van der Waals surface area contributed by atoms with Crippen molar-refractivity contribution in [2.45, 2.75) is 0 Å². The zero-order valence-electron chi connectivity index (χ0n) is 4.05. The van der Waals surface area contributed by atoms with E-state index in [1.807, 2.05) is 0 Å². The summed E-state index contributed by atoms with van der Waals surface area (Å²) in [7, 11) is 0. The molecule has 46 valence electrons. The van der Waals surface area contributed by atoms with Gasteiger partial charge in [0.1, 0.15) is 0 Å². The highest BCUT2D eigenvalue weighted by atomic mass is 16.5. The molecule has 0 aromatic heterocycles. The third-order valence-electron chi connectivity index (χ3n) is 0.540. The number of carbonyl (C=O) groups is 2. The van der Waals surface area contributed by atoms with Crippen molar-refractivity contribution in [3.05, 3.63) is 0 Å². The summed E-state index contributed by atoms with van der Waals surface area (Å²) in [6, 6.07) is 0. The van der Waals surface area contributed by atoms with Crippen molar-refractivity contribution in [1.82, 2.24) is 5.48 Å². The fraction of sp³-hybridized carbons (Fsp3) is 0.333. The minimum Gasteiger partial charge on any atom is -0.324 e. The van der Waals surface area contributed by atoms with Crippen molar-refractivity contribution in [3.8, 4) is 0 Å². The van der Waals surface area contributed by atoms with Gasteiger partial charge in [0.05, 0.1) is 6.54 Å². The van der Waals surface area contributed by atoms with Crippen LogP contribution in [-0.4, -0.2) is 23.4 Å². The van der Waals surface area contributed by atoms with Gasteiger partial charge >= 0.3 is 5.91 Å². The van der Waals surface area contributed by atoms with E-state index in [1.54, 1.807) is 0 Å². The first-order valence-corrected chi connectivity index (χ1v) is 1.89. The van der Waals surface area contributed by atoms with Gasteiger partial charge in [-0.2, -0.15) is 0 Å². The van der Waals surface area contributed by atoms with Gasteiger partial charge in [0.2, 0.25) is 5.78 Å². The molecule has 0 aliphatic rings. The average Bonchev–Trinajstić information content (AvgIpc) is 1.84. The second kappa shape index (κ2) is 3.11. The molecule has 0 aliphatic carbocycles. The number of amides is 1. The van der Waals surface area contributed by atoms with E-state index in [0.717, 1.165) is 5.48 Å². The summed E-state index contributed by atoms with van der Waals surface area (Å²) >= 11 is 0. The summed E-state index contributed by atoms with van der Waals surface area (Å²) < 4.78 is 0. The van der Waals surface area contributed by atoms with Crippen molar-refractivity contribution in [1.29, 1.82) is 0 Å². The van der Waals surface area contributed by atoms with E-state index >= 15 is 0 Å². The molecule has 0 atom stereocenters. The van der Waals surface area contributed by atoms with E-state index in [-0.39, 0.29) is 6.54 Å². The lowest BCUT2D eigenvalue weighted by atomic mass is 10.4. The van der Waals surface area contributed by atoms with Crippen LogP contribution in [-0.2, 0) is 9.59 Å². The highest BCUT2D eigenvalue weighted by Gasteiger charge is 2.07. The number of rotatable bonds is 2. The van der Waals surface area contributed by atoms with E-state index in [0.29, 0.717) is 0 Å². The van der Waals surface area contributed by atoms with Crippen molar-refractivity contribution >= 4 is 11.7 Å². The Balaban J connectivity index is 3.64. The second-order valence-electron chi connectivity index (χ2n) is 1.07. The van der Waals surface area contributed by atoms with Gasteiger partial charge in [-0.15, -0.1) is 0 Å². The van der Waals surface area contributed by atoms with Crippen molar-refractivity contribution in [2.75, 3.05) is 6.54 Å². The SMILES string of the molecule is NCC(=O)C(=O)NO. The van der Waals surface area contributed by atoms with E-state index in [1.165, 1.54) is 0 Å².